The van der Waals surface area contributed by atoms with Gasteiger partial charge < -0.3 is 5.11 Å². The second kappa shape index (κ2) is 8.24. The van der Waals surface area contributed by atoms with E-state index in [1.165, 1.54) is 35.2 Å². The van der Waals surface area contributed by atoms with E-state index in [1.54, 1.807) is 6.08 Å². The van der Waals surface area contributed by atoms with Crippen molar-refractivity contribution in [3.05, 3.63) is 56.0 Å². The Morgan fingerprint density at radius 2 is 2.04 bits per heavy atom. The molecule has 1 amide bonds. The maximum atomic E-state index is 12.2. The second-order valence-electron chi connectivity index (χ2n) is 4.85. The van der Waals surface area contributed by atoms with Gasteiger partial charge in [0.05, 0.1) is 16.2 Å². The quantitative estimate of drug-likeness (QED) is 0.339. The number of nitro groups is 1. The molecule has 0 aliphatic carbocycles. The molecule has 1 heterocycles. The van der Waals surface area contributed by atoms with Gasteiger partial charge in [0.15, 0.2) is 0 Å². The molecule has 0 aromatic heterocycles. The molecule has 25 heavy (non-hydrogen) atoms. The van der Waals surface area contributed by atoms with Gasteiger partial charge in [0.25, 0.3) is 11.6 Å². The minimum atomic E-state index is -1.02. The Labute approximate surface area is 157 Å². The van der Waals surface area contributed by atoms with Crippen molar-refractivity contribution < 1.29 is 19.6 Å². The number of carbonyl (C=O) groups is 2. The predicted molar refractivity (Wildman–Crippen MR) is 99.2 cm³/mol. The molecule has 10 heteroatoms. The molecule has 0 atom stereocenters. The lowest BCUT2D eigenvalue weighted by atomic mass is 10.2. The molecule has 7 nitrogen and oxygen atoms in total. The first-order chi connectivity index (χ1) is 11.8. The molecule has 1 N–H and O–H groups in total. The van der Waals surface area contributed by atoms with Crippen LogP contribution in [0.3, 0.4) is 0 Å². The first-order valence-corrected chi connectivity index (χ1v) is 8.47. The highest BCUT2D eigenvalue weighted by Gasteiger charge is 2.32. The Morgan fingerprint density at radius 1 is 1.40 bits per heavy atom. The number of amides is 1. The van der Waals surface area contributed by atoms with Crippen LogP contribution in [0.1, 0.15) is 12.0 Å². The normalized spacial score (nSPS) is 16.6. The van der Waals surface area contributed by atoms with Crippen molar-refractivity contribution >= 4 is 63.5 Å². The molecule has 0 spiro atoms. The molecule has 0 unspecified atom stereocenters. The van der Waals surface area contributed by atoms with Crippen LogP contribution in [0.15, 0.2) is 40.3 Å². The fraction of sp³-hybridized carbons (Fsp3) is 0.133. The molecule has 1 aromatic rings. The SMILES string of the molecule is O=C(O)CCN1C(=O)C(=CC(Cl)=Cc2ccc([N+](=O)[O-])cc2)SC1=S. The molecule has 2 rings (SSSR count). The van der Waals surface area contributed by atoms with Crippen LogP contribution in [-0.4, -0.2) is 37.7 Å². The third-order valence-corrected chi connectivity index (χ3v) is 4.70. The van der Waals surface area contributed by atoms with E-state index in [4.69, 9.17) is 28.9 Å². The lowest BCUT2D eigenvalue weighted by molar-refractivity contribution is -0.384. The summed E-state index contributed by atoms with van der Waals surface area (Å²) < 4.78 is 0.275. The summed E-state index contributed by atoms with van der Waals surface area (Å²) in [6.07, 6.45) is 2.78. The summed E-state index contributed by atoms with van der Waals surface area (Å²) in [5.74, 6) is -1.42. The number of allylic oxidation sites excluding steroid dienone is 2. The first-order valence-electron chi connectivity index (χ1n) is 6.87. The largest absolute Gasteiger partial charge is 0.481 e. The zero-order valence-electron chi connectivity index (χ0n) is 12.5. The van der Waals surface area contributed by atoms with E-state index < -0.39 is 16.8 Å². The van der Waals surface area contributed by atoms with Gasteiger partial charge in [-0.05, 0) is 29.8 Å². The van der Waals surface area contributed by atoms with Crippen molar-refractivity contribution in [2.75, 3.05) is 6.54 Å². The number of non-ortho nitro benzene ring substituents is 1. The summed E-state index contributed by atoms with van der Waals surface area (Å²) in [7, 11) is 0. The summed E-state index contributed by atoms with van der Waals surface area (Å²) in [5, 5.41) is 19.6. The number of thiocarbonyl (C=S) groups is 1. The van der Waals surface area contributed by atoms with E-state index in [0.29, 0.717) is 10.5 Å². The van der Waals surface area contributed by atoms with Crippen LogP contribution in [0.2, 0.25) is 0 Å². The number of rotatable bonds is 6. The summed E-state index contributed by atoms with van der Waals surface area (Å²) in [4.78, 5) is 34.5. The van der Waals surface area contributed by atoms with Crippen LogP contribution in [0, 0.1) is 10.1 Å². The zero-order chi connectivity index (χ0) is 18.6. The van der Waals surface area contributed by atoms with Gasteiger partial charge in [0.1, 0.15) is 4.32 Å². The van der Waals surface area contributed by atoms with Crippen molar-refractivity contribution in [1.29, 1.82) is 0 Å². The molecule has 1 aliphatic rings. The van der Waals surface area contributed by atoms with Crippen molar-refractivity contribution in [3.63, 3.8) is 0 Å². The molecular formula is C15H11ClN2O5S2. The fourth-order valence-electron chi connectivity index (χ4n) is 1.92. The topological polar surface area (TPSA) is 101 Å². The number of nitrogens with zero attached hydrogens (tertiary/aromatic N) is 2. The zero-order valence-corrected chi connectivity index (χ0v) is 14.9. The standard InChI is InChI=1S/C15H11ClN2O5S2/c16-10(7-9-1-3-11(4-2-9)18(22)23)8-12-14(21)17(15(24)25-12)6-5-13(19)20/h1-4,7-8H,5-6H2,(H,19,20). The molecule has 1 fully saturated rings. The van der Waals surface area contributed by atoms with Gasteiger partial charge in [0.2, 0.25) is 0 Å². The molecule has 1 aliphatic heterocycles. The predicted octanol–water partition coefficient (Wildman–Crippen LogP) is 3.39. The molecule has 130 valence electrons. The summed E-state index contributed by atoms with van der Waals surface area (Å²) in [6.45, 7) is 0.00102. The first kappa shape index (κ1) is 19.1. The van der Waals surface area contributed by atoms with E-state index >= 15 is 0 Å². The number of hydrogen-bond acceptors (Lipinski definition) is 6. The van der Waals surface area contributed by atoms with E-state index in [0.717, 1.165) is 11.8 Å². The van der Waals surface area contributed by atoms with E-state index in [-0.39, 0.29) is 28.0 Å². The average Bonchev–Trinajstić information content (AvgIpc) is 2.79. The van der Waals surface area contributed by atoms with Gasteiger partial charge in [-0.2, -0.15) is 0 Å². The van der Waals surface area contributed by atoms with Crippen LogP contribution in [0.4, 0.5) is 5.69 Å². The number of benzene rings is 1. The second-order valence-corrected chi connectivity index (χ2v) is 6.97. The van der Waals surface area contributed by atoms with Gasteiger partial charge in [0, 0.05) is 23.7 Å². The van der Waals surface area contributed by atoms with E-state index in [1.807, 2.05) is 0 Å². The minimum Gasteiger partial charge on any atom is -0.481 e. The number of aliphatic carboxylic acids is 1. The van der Waals surface area contributed by atoms with Crippen LogP contribution in [0.5, 0.6) is 0 Å². The van der Waals surface area contributed by atoms with Gasteiger partial charge >= 0.3 is 5.97 Å². The highest BCUT2D eigenvalue weighted by molar-refractivity contribution is 8.26. The number of carbonyl (C=O) groups excluding carboxylic acids is 1. The van der Waals surface area contributed by atoms with Crippen molar-refractivity contribution in [3.8, 4) is 0 Å². The van der Waals surface area contributed by atoms with Crippen LogP contribution in [0.25, 0.3) is 6.08 Å². The molecule has 0 saturated carbocycles. The Hall–Kier alpha value is -2.23. The number of carboxylic acid groups (broad SMARTS) is 1. The van der Waals surface area contributed by atoms with Crippen molar-refractivity contribution in [2.24, 2.45) is 0 Å². The monoisotopic (exact) mass is 398 g/mol. The molecule has 0 radical (unpaired) electrons. The molecule has 1 aromatic carbocycles. The van der Waals surface area contributed by atoms with E-state index in [2.05, 4.69) is 0 Å². The lowest BCUT2D eigenvalue weighted by Crippen LogP contribution is -2.30. The van der Waals surface area contributed by atoms with Gasteiger partial charge in [-0.3, -0.25) is 24.6 Å². The number of carboxylic acids is 1. The number of hydrogen-bond donors (Lipinski definition) is 1. The number of nitro benzene ring substituents is 1. The highest BCUT2D eigenvalue weighted by atomic mass is 35.5. The lowest BCUT2D eigenvalue weighted by Gasteiger charge is -2.12. The third kappa shape index (κ3) is 5.12. The highest BCUT2D eigenvalue weighted by Crippen LogP contribution is 2.32. The minimum absolute atomic E-state index is 0.00102. The Bertz CT molecular complexity index is 805. The van der Waals surface area contributed by atoms with Gasteiger partial charge in [-0.15, -0.1) is 0 Å². The summed E-state index contributed by atoms with van der Waals surface area (Å²) in [6, 6.07) is 5.77. The Balaban J connectivity index is 2.13. The van der Waals surface area contributed by atoms with Crippen LogP contribution in [-0.2, 0) is 9.59 Å². The van der Waals surface area contributed by atoms with Crippen LogP contribution < -0.4 is 0 Å². The fourth-order valence-corrected chi connectivity index (χ4v) is 3.52. The molecule has 1 saturated heterocycles. The maximum Gasteiger partial charge on any atom is 0.305 e. The Kier molecular flexibility index (Phi) is 6.29. The average molecular weight is 399 g/mol. The molecule has 0 bridgehead atoms. The van der Waals surface area contributed by atoms with Gasteiger partial charge in [-0.1, -0.05) is 35.6 Å². The number of thioether (sulfide) groups is 1. The van der Waals surface area contributed by atoms with Crippen molar-refractivity contribution in [1.82, 2.24) is 4.90 Å². The smallest absolute Gasteiger partial charge is 0.305 e. The van der Waals surface area contributed by atoms with Crippen LogP contribution >= 0.6 is 35.6 Å². The third-order valence-electron chi connectivity index (χ3n) is 3.10. The van der Waals surface area contributed by atoms with E-state index in [9.17, 15) is 19.7 Å². The maximum absolute atomic E-state index is 12.2. The Morgan fingerprint density at radius 3 is 2.60 bits per heavy atom. The number of halogens is 1. The van der Waals surface area contributed by atoms with Gasteiger partial charge in [-0.25, -0.2) is 0 Å². The van der Waals surface area contributed by atoms with Crippen molar-refractivity contribution in [2.45, 2.75) is 6.42 Å². The molecular weight excluding hydrogens is 388 g/mol. The summed E-state index contributed by atoms with van der Waals surface area (Å²) in [5.41, 5.74) is 0.598. The summed E-state index contributed by atoms with van der Waals surface area (Å²) >= 11 is 12.2.